The van der Waals surface area contributed by atoms with Crippen molar-refractivity contribution in [2.75, 3.05) is 38.6 Å². The standard InChI is InChI=1S/C27H32N4/c1-20-23-18-22(11-12-25(23)28-19-29(20)3)8-7-15-31-16-13-27(14-17-31)21(2)30(4)26-10-6-5-9-24(26)27/h5-6,9-12,18-19H,1-2,7-8,13-17H2,3-4H3. The minimum atomic E-state index is 0.132. The monoisotopic (exact) mass is 412 g/mol. The van der Waals surface area contributed by atoms with E-state index in [4.69, 9.17) is 0 Å². The van der Waals surface area contributed by atoms with Crippen LogP contribution in [0.5, 0.6) is 0 Å². The highest BCUT2D eigenvalue weighted by atomic mass is 15.2. The van der Waals surface area contributed by atoms with Crippen molar-refractivity contribution in [2.24, 2.45) is 4.99 Å². The minimum absolute atomic E-state index is 0.132. The summed E-state index contributed by atoms with van der Waals surface area (Å²) in [4.78, 5) is 11.4. The second-order valence-electron chi connectivity index (χ2n) is 9.20. The quantitative estimate of drug-likeness (QED) is 0.690. The Morgan fingerprint density at radius 1 is 1.03 bits per heavy atom. The van der Waals surface area contributed by atoms with E-state index in [0.717, 1.165) is 55.8 Å². The highest BCUT2D eigenvalue weighted by Gasteiger charge is 2.46. The molecule has 4 nitrogen and oxygen atoms in total. The Bertz CT molecular complexity index is 1060. The van der Waals surface area contributed by atoms with E-state index in [1.54, 1.807) is 0 Å². The molecule has 160 valence electrons. The highest BCUT2D eigenvalue weighted by Crippen LogP contribution is 2.52. The fourth-order valence-corrected chi connectivity index (χ4v) is 5.51. The Labute approximate surface area is 186 Å². The van der Waals surface area contributed by atoms with Gasteiger partial charge in [-0.15, -0.1) is 0 Å². The van der Waals surface area contributed by atoms with Crippen LogP contribution in [0.25, 0.3) is 5.70 Å². The van der Waals surface area contributed by atoms with Gasteiger partial charge < -0.3 is 14.7 Å². The van der Waals surface area contributed by atoms with Gasteiger partial charge in [0, 0.05) is 42.2 Å². The van der Waals surface area contributed by atoms with Crippen LogP contribution in [0, 0.1) is 0 Å². The molecule has 1 spiro atoms. The van der Waals surface area contributed by atoms with Crippen molar-refractivity contribution in [3.63, 3.8) is 0 Å². The van der Waals surface area contributed by atoms with Crippen molar-refractivity contribution in [3.05, 3.63) is 78.0 Å². The zero-order valence-electron chi connectivity index (χ0n) is 18.8. The second kappa shape index (κ2) is 7.69. The molecule has 0 aromatic heterocycles. The third-order valence-corrected chi connectivity index (χ3v) is 7.56. The smallest absolute Gasteiger partial charge is 0.0954 e. The van der Waals surface area contributed by atoms with E-state index in [9.17, 15) is 0 Å². The lowest BCUT2D eigenvalue weighted by Crippen LogP contribution is -2.43. The lowest BCUT2D eigenvalue weighted by molar-refractivity contribution is 0.178. The van der Waals surface area contributed by atoms with Crippen LogP contribution in [0.1, 0.15) is 36.0 Å². The molecule has 31 heavy (non-hydrogen) atoms. The number of piperidine rings is 1. The molecule has 1 fully saturated rings. The lowest BCUT2D eigenvalue weighted by Gasteiger charge is -2.41. The van der Waals surface area contributed by atoms with Crippen LogP contribution in [0.3, 0.4) is 0 Å². The average molecular weight is 413 g/mol. The molecule has 4 heteroatoms. The first-order valence-corrected chi connectivity index (χ1v) is 11.3. The molecule has 0 unspecified atom stereocenters. The number of fused-ring (bicyclic) bond motifs is 3. The van der Waals surface area contributed by atoms with E-state index in [-0.39, 0.29) is 5.41 Å². The summed E-state index contributed by atoms with van der Waals surface area (Å²) in [5.74, 6) is 0. The van der Waals surface area contributed by atoms with Crippen LogP contribution in [0.2, 0.25) is 0 Å². The first-order chi connectivity index (χ1) is 15.0. The molecule has 3 aliphatic heterocycles. The molecular weight excluding hydrogens is 380 g/mol. The maximum absolute atomic E-state index is 4.50. The lowest BCUT2D eigenvalue weighted by atomic mass is 9.72. The Kier molecular flexibility index (Phi) is 4.98. The van der Waals surface area contributed by atoms with Gasteiger partial charge in [-0.2, -0.15) is 0 Å². The van der Waals surface area contributed by atoms with Crippen molar-refractivity contribution >= 4 is 23.4 Å². The van der Waals surface area contributed by atoms with Gasteiger partial charge in [0.25, 0.3) is 0 Å². The Hall–Kier alpha value is -2.85. The van der Waals surface area contributed by atoms with Crippen LogP contribution in [0.15, 0.2) is 66.3 Å². The number of likely N-dealkylation sites (N-methyl/N-ethyl adjacent to an activating group) is 1. The molecule has 0 aliphatic carbocycles. The zero-order valence-corrected chi connectivity index (χ0v) is 18.8. The topological polar surface area (TPSA) is 22.1 Å². The average Bonchev–Trinajstić information content (AvgIpc) is 3.00. The summed E-state index contributed by atoms with van der Waals surface area (Å²) >= 11 is 0. The molecular formula is C27H32N4. The predicted octanol–water partition coefficient (Wildman–Crippen LogP) is 5.19. The number of hydrogen-bond donors (Lipinski definition) is 0. The summed E-state index contributed by atoms with van der Waals surface area (Å²) in [6.07, 6.45) is 6.43. The molecule has 1 saturated heterocycles. The SMILES string of the molecule is C=C1c2cc(CCCN3CCC4(CC3)C(=C)N(C)c3ccccc34)ccc2N=CN1C. The third-order valence-electron chi connectivity index (χ3n) is 7.56. The number of rotatable bonds is 4. The first-order valence-electron chi connectivity index (χ1n) is 11.3. The molecule has 3 aliphatic rings. The Morgan fingerprint density at radius 3 is 2.61 bits per heavy atom. The van der Waals surface area contributed by atoms with Gasteiger partial charge in [0.15, 0.2) is 0 Å². The number of anilines is 1. The summed E-state index contributed by atoms with van der Waals surface area (Å²) in [6.45, 7) is 12.1. The van der Waals surface area contributed by atoms with Gasteiger partial charge in [-0.3, -0.25) is 0 Å². The van der Waals surface area contributed by atoms with Gasteiger partial charge in [-0.1, -0.05) is 37.4 Å². The number of allylic oxidation sites excluding steroid dienone is 1. The maximum Gasteiger partial charge on any atom is 0.0954 e. The summed E-state index contributed by atoms with van der Waals surface area (Å²) in [6, 6.07) is 15.5. The first kappa shape index (κ1) is 20.1. The number of benzene rings is 2. The molecule has 3 heterocycles. The number of likely N-dealkylation sites (tertiary alicyclic amines) is 1. The molecule has 0 atom stereocenters. The van der Waals surface area contributed by atoms with Gasteiger partial charge in [-0.05, 0) is 74.6 Å². The minimum Gasteiger partial charge on any atom is -0.348 e. The Morgan fingerprint density at radius 2 is 1.81 bits per heavy atom. The van der Waals surface area contributed by atoms with Gasteiger partial charge >= 0.3 is 0 Å². The Balaban J connectivity index is 1.19. The summed E-state index contributed by atoms with van der Waals surface area (Å²) in [5, 5.41) is 0. The zero-order chi connectivity index (χ0) is 21.6. The van der Waals surface area contributed by atoms with Gasteiger partial charge in [0.05, 0.1) is 12.0 Å². The number of aliphatic imine (C=N–C) groups is 1. The van der Waals surface area contributed by atoms with Gasteiger partial charge in [0.2, 0.25) is 0 Å². The van der Waals surface area contributed by atoms with Crippen molar-refractivity contribution in [1.82, 2.24) is 9.80 Å². The van der Waals surface area contributed by atoms with Crippen molar-refractivity contribution < 1.29 is 0 Å². The normalized spacial score (nSPS) is 19.8. The molecule has 0 saturated carbocycles. The number of nitrogens with zero attached hydrogens (tertiary/aromatic N) is 4. The fraction of sp³-hybridized carbons (Fsp3) is 0.370. The highest BCUT2D eigenvalue weighted by molar-refractivity contribution is 5.86. The van der Waals surface area contributed by atoms with E-state index in [1.165, 1.54) is 28.9 Å². The van der Waals surface area contributed by atoms with Crippen LogP contribution in [-0.4, -0.2) is 49.9 Å². The van der Waals surface area contributed by atoms with Crippen LogP contribution in [0.4, 0.5) is 11.4 Å². The van der Waals surface area contributed by atoms with Crippen molar-refractivity contribution in [3.8, 4) is 0 Å². The van der Waals surface area contributed by atoms with Crippen molar-refractivity contribution in [2.45, 2.75) is 31.1 Å². The van der Waals surface area contributed by atoms with Gasteiger partial charge in [0.1, 0.15) is 0 Å². The summed E-state index contributed by atoms with van der Waals surface area (Å²) < 4.78 is 0. The van der Waals surface area contributed by atoms with Gasteiger partial charge in [-0.25, -0.2) is 4.99 Å². The molecule has 2 aromatic rings. The van der Waals surface area contributed by atoms with E-state index >= 15 is 0 Å². The van der Waals surface area contributed by atoms with E-state index in [1.807, 2.05) is 18.3 Å². The molecule has 2 aromatic carbocycles. The largest absolute Gasteiger partial charge is 0.348 e. The predicted molar refractivity (Wildman–Crippen MR) is 131 cm³/mol. The molecule has 0 N–H and O–H groups in total. The van der Waals surface area contributed by atoms with E-state index < -0.39 is 0 Å². The van der Waals surface area contributed by atoms with Crippen LogP contribution in [-0.2, 0) is 11.8 Å². The van der Waals surface area contributed by atoms with Crippen LogP contribution >= 0.6 is 0 Å². The van der Waals surface area contributed by atoms with E-state index in [0.29, 0.717) is 0 Å². The summed E-state index contributed by atoms with van der Waals surface area (Å²) in [7, 11) is 4.17. The third kappa shape index (κ3) is 3.30. The summed E-state index contributed by atoms with van der Waals surface area (Å²) in [5.41, 5.74) is 8.80. The maximum atomic E-state index is 4.50. The molecule has 0 amide bonds. The van der Waals surface area contributed by atoms with E-state index in [2.05, 4.69) is 77.5 Å². The fourth-order valence-electron chi connectivity index (χ4n) is 5.51. The molecule has 0 radical (unpaired) electrons. The number of hydrogen-bond acceptors (Lipinski definition) is 4. The number of para-hydroxylation sites is 1. The molecule has 0 bridgehead atoms. The number of aryl methyl sites for hydroxylation is 1. The van der Waals surface area contributed by atoms with Crippen molar-refractivity contribution in [1.29, 1.82) is 0 Å². The van der Waals surface area contributed by atoms with Crippen LogP contribution < -0.4 is 4.90 Å². The molecule has 5 rings (SSSR count). The second-order valence-corrected chi connectivity index (χ2v) is 9.20.